The Morgan fingerprint density at radius 3 is 2.49 bits per heavy atom. The molecule has 1 spiro atoms. The van der Waals surface area contributed by atoms with Crippen molar-refractivity contribution in [2.75, 3.05) is 0 Å². The van der Waals surface area contributed by atoms with Crippen LogP contribution in [0.15, 0.2) is 23.0 Å². The van der Waals surface area contributed by atoms with Gasteiger partial charge in [0.25, 0.3) is 0 Å². The summed E-state index contributed by atoms with van der Waals surface area (Å²) in [7, 11) is 0. The van der Waals surface area contributed by atoms with Gasteiger partial charge in [0.1, 0.15) is 17.8 Å². The van der Waals surface area contributed by atoms with E-state index in [9.17, 15) is 14.7 Å². The molecule has 3 aliphatic carbocycles. The van der Waals surface area contributed by atoms with Gasteiger partial charge in [0.2, 0.25) is 0 Å². The molecular formula is C28H38O7. The number of ether oxygens (including phenoxy) is 3. The van der Waals surface area contributed by atoms with E-state index in [1.165, 1.54) is 6.92 Å². The van der Waals surface area contributed by atoms with Crippen LogP contribution in [0.3, 0.4) is 0 Å². The van der Waals surface area contributed by atoms with Crippen molar-refractivity contribution >= 4 is 11.9 Å². The van der Waals surface area contributed by atoms with Crippen molar-refractivity contribution in [1.82, 2.24) is 0 Å². The molecule has 192 valence electrons. The second-order valence-corrected chi connectivity index (χ2v) is 13.2. The van der Waals surface area contributed by atoms with Gasteiger partial charge in [-0.3, -0.25) is 4.79 Å². The number of rotatable bonds is 2. The van der Waals surface area contributed by atoms with Gasteiger partial charge in [0.05, 0.1) is 18.6 Å². The first-order chi connectivity index (χ1) is 16.3. The Bertz CT molecular complexity index is 1060. The highest BCUT2D eigenvalue weighted by molar-refractivity contribution is 5.82. The van der Waals surface area contributed by atoms with E-state index in [1.54, 1.807) is 12.5 Å². The van der Waals surface area contributed by atoms with Crippen LogP contribution in [0.1, 0.15) is 85.3 Å². The maximum atomic E-state index is 13.3. The van der Waals surface area contributed by atoms with Crippen LogP contribution in [0.5, 0.6) is 0 Å². The third-order valence-electron chi connectivity index (χ3n) is 11.5. The quantitative estimate of drug-likeness (QED) is 0.483. The zero-order valence-corrected chi connectivity index (χ0v) is 21.6. The Morgan fingerprint density at radius 1 is 1.09 bits per heavy atom. The molecule has 35 heavy (non-hydrogen) atoms. The second-order valence-electron chi connectivity index (χ2n) is 13.2. The fraction of sp³-hybridized carbons (Fsp3) is 0.786. The topological polar surface area (TPSA) is 98.5 Å². The summed E-state index contributed by atoms with van der Waals surface area (Å²) >= 11 is 0. The molecule has 5 aliphatic rings. The van der Waals surface area contributed by atoms with Crippen LogP contribution in [0.25, 0.3) is 0 Å². The number of epoxide rings is 1. The first-order valence-corrected chi connectivity index (χ1v) is 13.1. The molecule has 7 nitrogen and oxygen atoms in total. The number of hydrogen-bond donors (Lipinski definition) is 1. The Kier molecular flexibility index (Phi) is 4.65. The average molecular weight is 487 g/mol. The maximum Gasteiger partial charge on any atom is 0.339 e. The molecule has 1 aromatic heterocycles. The molecule has 0 unspecified atom stereocenters. The van der Waals surface area contributed by atoms with Crippen LogP contribution in [0.4, 0.5) is 0 Å². The van der Waals surface area contributed by atoms with Crippen molar-refractivity contribution in [2.24, 2.45) is 33.5 Å². The minimum Gasteiger partial charge on any atom is -0.472 e. The lowest BCUT2D eigenvalue weighted by molar-refractivity contribution is -0.275. The molecule has 2 aliphatic heterocycles. The monoisotopic (exact) mass is 486 g/mol. The SMILES string of the molecule is CC(=O)O[C@H]1C[C@@H]2C(C)(C)[C@H](O)CC[C@]2(C)[C@@H]2CC[C@@]3(C)[C@H](c4ccoc4)OC(=O)[C@@H]4O[C@@]43[C@]12C. The van der Waals surface area contributed by atoms with Gasteiger partial charge in [0, 0.05) is 23.3 Å². The summed E-state index contributed by atoms with van der Waals surface area (Å²) in [6.07, 6.45) is 5.33. The van der Waals surface area contributed by atoms with Gasteiger partial charge in [-0.1, -0.05) is 34.6 Å². The maximum absolute atomic E-state index is 13.3. The number of cyclic esters (lactones) is 1. The number of carbonyl (C=O) groups excluding carboxylic acids is 2. The normalized spacial score (nSPS) is 51.7. The number of aliphatic hydroxyl groups is 1. The lowest BCUT2D eigenvalue weighted by Gasteiger charge is -2.70. The molecule has 10 atom stereocenters. The average Bonchev–Trinajstić information content (AvgIpc) is 3.35. The summed E-state index contributed by atoms with van der Waals surface area (Å²) in [5, 5.41) is 11.0. The van der Waals surface area contributed by atoms with Gasteiger partial charge < -0.3 is 23.7 Å². The van der Waals surface area contributed by atoms with E-state index in [1.807, 2.05) is 6.07 Å². The number of aliphatic hydroxyl groups excluding tert-OH is 1. The molecule has 7 heteroatoms. The lowest BCUT2D eigenvalue weighted by Crippen LogP contribution is -2.73. The molecule has 2 saturated heterocycles. The minimum absolute atomic E-state index is 0.0762. The molecule has 0 radical (unpaired) electrons. The summed E-state index contributed by atoms with van der Waals surface area (Å²) in [5.74, 6) is -0.319. The molecule has 1 aromatic rings. The number of esters is 2. The molecular weight excluding hydrogens is 448 g/mol. The largest absolute Gasteiger partial charge is 0.472 e. The highest BCUT2D eigenvalue weighted by Crippen LogP contribution is 2.80. The van der Waals surface area contributed by atoms with Crippen molar-refractivity contribution in [3.05, 3.63) is 24.2 Å². The Morgan fingerprint density at radius 2 is 1.83 bits per heavy atom. The molecule has 3 saturated carbocycles. The molecule has 0 bridgehead atoms. The van der Waals surface area contributed by atoms with E-state index in [0.717, 1.165) is 31.2 Å². The van der Waals surface area contributed by atoms with E-state index in [0.29, 0.717) is 6.42 Å². The van der Waals surface area contributed by atoms with Crippen LogP contribution in [-0.4, -0.2) is 41.0 Å². The standard InChI is InChI=1S/C28H38O7/c1-15(29)33-20-13-18-24(2,3)19(30)8-10-25(18,4)17-7-11-26(5)21(16-9-12-32-14-16)34-23(31)22-28(26,35-22)27(17,20)6/h9,12,14,17-22,30H,7-8,10-11,13H2,1-6H3/t17-,18+,19+,20-,21-,22-,25+,26-,27-,28-/m0/s1. The Labute approximate surface area is 206 Å². The summed E-state index contributed by atoms with van der Waals surface area (Å²) in [4.78, 5) is 25.7. The van der Waals surface area contributed by atoms with Gasteiger partial charge in [-0.15, -0.1) is 0 Å². The molecule has 0 amide bonds. The molecule has 3 heterocycles. The van der Waals surface area contributed by atoms with E-state index in [4.69, 9.17) is 18.6 Å². The zero-order chi connectivity index (χ0) is 25.2. The molecule has 5 fully saturated rings. The second kappa shape index (κ2) is 6.91. The molecule has 6 rings (SSSR count). The highest BCUT2D eigenvalue weighted by Gasteiger charge is 2.88. The first kappa shape index (κ1) is 23.5. The molecule has 0 aromatic carbocycles. The minimum atomic E-state index is -0.797. The number of hydrogen-bond acceptors (Lipinski definition) is 7. The van der Waals surface area contributed by atoms with Crippen LogP contribution >= 0.6 is 0 Å². The zero-order valence-electron chi connectivity index (χ0n) is 21.6. The number of carbonyl (C=O) groups is 2. The lowest BCUT2D eigenvalue weighted by atomic mass is 9.34. The smallest absolute Gasteiger partial charge is 0.339 e. The van der Waals surface area contributed by atoms with E-state index in [-0.39, 0.29) is 34.6 Å². The van der Waals surface area contributed by atoms with Crippen molar-refractivity contribution in [3.63, 3.8) is 0 Å². The van der Waals surface area contributed by atoms with E-state index < -0.39 is 40.8 Å². The van der Waals surface area contributed by atoms with Crippen LogP contribution in [0, 0.1) is 33.5 Å². The van der Waals surface area contributed by atoms with Gasteiger partial charge in [-0.05, 0) is 60.8 Å². The number of furan rings is 1. The van der Waals surface area contributed by atoms with Crippen LogP contribution in [-0.2, 0) is 23.8 Å². The summed E-state index contributed by atoms with van der Waals surface area (Å²) in [6.45, 7) is 12.5. The van der Waals surface area contributed by atoms with Gasteiger partial charge in [-0.25, -0.2) is 4.79 Å². The van der Waals surface area contributed by atoms with Crippen molar-refractivity contribution in [3.8, 4) is 0 Å². The third kappa shape index (κ3) is 2.59. The first-order valence-electron chi connectivity index (χ1n) is 13.1. The van der Waals surface area contributed by atoms with Gasteiger partial charge >= 0.3 is 11.9 Å². The van der Waals surface area contributed by atoms with Crippen LogP contribution < -0.4 is 0 Å². The molecule has 1 N–H and O–H groups in total. The van der Waals surface area contributed by atoms with E-state index >= 15 is 0 Å². The highest BCUT2D eigenvalue weighted by atomic mass is 16.7. The predicted octanol–water partition coefficient (Wildman–Crippen LogP) is 4.58. The fourth-order valence-electron chi connectivity index (χ4n) is 9.88. The van der Waals surface area contributed by atoms with Crippen LogP contribution in [0.2, 0.25) is 0 Å². The van der Waals surface area contributed by atoms with Crippen molar-refractivity contribution < 1.29 is 33.3 Å². The Hall–Kier alpha value is -1.86. The summed E-state index contributed by atoms with van der Waals surface area (Å²) < 4.78 is 24.1. The van der Waals surface area contributed by atoms with Gasteiger partial charge in [0.15, 0.2) is 6.10 Å². The van der Waals surface area contributed by atoms with E-state index in [2.05, 4.69) is 34.6 Å². The fourth-order valence-corrected chi connectivity index (χ4v) is 9.88. The predicted molar refractivity (Wildman–Crippen MR) is 125 cm³/mol. The number of fused-ring (bicyclic) bond motifs is 3. The van der Waals surface area contributed by atoms with Gasteiger partial charge in [-0.2, -0.15) is 0 Å². The van der Waals surface area contributed by atoms with Crippen molar-refractivity contribution in [2.45, 2.75) is 104 Å². The Balaban J connectivity index is 1.53. The third-order valence-corrected chi connectivity index (χ3v) is 11.5. The van der Waals surface area contributed by atoms with Crippen molar-refractivity contribution in [1.29, 1.82) is 0 Å². The summed E-state index contributed by atoms with van der Waals surface area (Å²) in [6, 6.07) is 1.86. The summed E-state index contributed by atoms with van der Waals surface area (Å²) in [5.41, 5.74) is -1.42.